The smallest absolute Gasteiger partial charge is 0.296 e. The predicted molar refractivity (Wildman–Crippen MR) is 89.3 cm³/mol. The molecule has 0 aliphatic carbocycles. The summed E-state index contributed by atoms with van der Waals surface area (Å²) in [6.45, 7) is 3.77. The molecular weight excluding hydrogens is 318 g/mol. The number of rotatable bonds is 4. The monoisotopic (exact) mass is 337 g/mol. The molecule has 1 fully saturated rings. The van der Waals surface area contributed by atoms with Crippen LogP contribution in [0.3, 0.4) is 0 Å². The molecule has 0 saturated carbocycles. The Morgan fingerprint density at radius 1 is 1.32 bits per heavy atom. The van der Waals surface area contributed by atoms with Crippen molar-refractivity contribution in [2.45, 2.75) is 24.2 Å². The van der Waals surface area contributed by atoms with Crippen molar-refractivity contribution in [3.8, 4) is 0 Å². The molecule has 1 aromatic heterocycles. The van der Waals surface area contributed by atoms with E-state index in [2.05, 4.69) is 21.7 Å². The molecular formula is C16H19NO3S2. The lowest BCUT2D eigenvalue weighted by Crippen LogP contribution is -2.19. The van der Waals surface area contributed by atoms with Gasteiger partial charge in [-0.05, 0) is 36.4 Å². The third kappa shape index (κ3) is 2.91. The lowest BCUT2D eigenvalue weighted by molar-refractivity contribution is 0.396. The van der Waals surface area contributed by atoms with E-state index in [1.54, 1.807) is 17.4 Å². The van der Waals surface area contributed by atoms with E-state index in [0.717, 1.165) is 30.6 Å². The average Bonchev–Trinajstić information content (AvgIpc) is 3.17. The zero-order chi connectivity index (χ0) is 15.7. The van der Waals surface area contributed by atoms with E-state index in [-0.39, 0.29) is 5.92 Å². The van der Waals surface area contributed by atoms with Gasteiger partial charge in [0.15, 0.2) is 0 Å². The molecule has 0 radical (unpaired) electrons. The Morgan fingerprint density at radius 2 is 2.14 bits per heavy atom. The third-order valence-corrected chi connectivity index (χ3v) is 6.17. The van der Waals surface area contributed by atoms with Crippen molar-refractivity contribution >= 4 is 27.1 Å². The van der Waals surface area contributed by atoms with Gasteiger partial charge in [0.2, 0.25) is 0 Å². The van der Waals surface area contributed by atoms with Crippen LogP contribution < -0.4 is 4.90 Å². The van der Waals surface area contributed by atoms with Gasteiger partial charge in [0.1, 0.15) is 0 Å². The normalized spacial score (nSPS) is 18.8. The van der Waals surface area contributed by atoms with Crippen LogP contribution >= 0.6 is 11.3 Å². The minimum atomic E-state index is -3.67. The largest absolute Gasteiger partial charge is 0.370 e. The van der Waals surface area contributed by atoms with Crippen LogP contribution in [0.2, 0.25) is 0 Å². The number of aryl methyl sites for hydroxylation is 1. The van der Waals surface area contributed by atoms with Crippen LogP contribution in [-0.4, -0.2) is 28.6 Å². The number of hydrogen-bond acceptors (Lipinski definition) is 5. The number of hydrogen-bond donors (Lipinski definition) is 0. The molecule has 2 aromatic rings. The van der Waals surface area contributed by atoms with Gasteiger partial charge in [0.05, 0.1) is 12.0 Å². The van der Waals surface area contributed by atoms with Crippen molar-refractivity contribution in [1.29, 1.82) is 0 Å². The van der Waals surface area contributed by atoms with E-state index >= 15 is 0 Å². The summed E-state index contributed by atoms with van der Waals surface area (Å²) < 4.78 is 29.1. The highest BCUT2D eigenvalue weighted by Gasteiger charge is 2.29. The average molecular weight is 337 g/mol. The maximum Gasteiger partial charge on any atom is 0.296 e. The van der Waals surface area contributed by atoms with Gasteiger partial charge in [0.25, 0.3) is 10.1 Å². The zero-order valence-corrected chi connectivity index (χ0v) is 14.3. The Bertz CT molecular complexity index is 754. The van der Waals surface area contributed by atoms with Gasteiger partial charge in [-0.15, -0.1) is 0 Å². The Labute approximate surface area is 135 Å². The van der Waals surface area contributed by atoms with E-state index in [1.807, 2.05) is 19.1 Å². The standard InChI is InChI=1S/C16H19NO3S2/c1-12-3-4-16(22(18,19)20-2)15(9-12)13-5-7-17(10-13)14-6-8-21-11-14/h3-4,6,8-9,11,13H,5,7,10H2,1-2H3. The van der Waals surface area contributed by atoms with E-state index in [1.165, 1.54) is 12.8 Å². The summed E-state index contributed by atoms with van der Waals surface area (Å²) in [4.78, 5) is 2.62. The van der Waals surface area contributed by atoms with Crippen LogP contribution in [0.5, 0.6) is 0 Å². The molecule has 0 spiro atoms. The molecule has 1 aliphatic rings. The fourth-order valence-electron chi connectivity index (χ4n) is 2.99. The predicted octanol–water partition coefficient (Wildman–Crippen LogP) is 3.39. The van der Waals surface area contributed by atoms with Crippen LogP contribution in [0.15, 0.2) is 39.9 Å². The first-order valence-corrected chi connectivity index (χ1v) is 9.54. The first-order valence-electron chi connectivity index (χ1n) is 7.19. The third-order valence-electron chi connectivity index (χ3n) is 4.15. The molecule has 1 saturated heterocycles. The molecule has 1 aliphatic heterocycles. The molecule has 22 heavy (non-hydrogen) atoms. The van der Waals surface area contributed by atoms with Gasteiger partial charge in [-0.1, -0.05) is 17.7 Å². The minimum Gasteiger partial charge on any atom is -0.370 e. The number of anilines is 1. The fourth-order valence-corrected chi connectivity index (χ4v) is 4.58. The van der Waals surface area contributed by atoms with Crippen LogP contribution in [0.1, 0.15) is 23.5 Å². The van der Waals surface area contributed by atoms with Gasteiger partial charge >= 0.3 is 0 Å². The Kier molecular flexibility index (Phi) is 4.25. The Morgan fingerprint density at radius 3 is 2.82 bits per heavy atom. The molecule has 1 aromatic carbocycles. The van der Waals surface area contributed by atoms with Gasteiger partial charge in [0, 0.05) is 30.1 Å². The van der Waals surface area contributed by atoms with Gasteiger partial charge in [-0.2, -0.15) is 19.8 Å². The fraction of sp³-hybridized carbons (Fsp3) is 0.375. The maximum atomic E-state index is 12.2. The lowest BCUT2D eigenvalue weighted by atomic mass is 9.97. The highest BCUT2D eigenvalue weighted by molar-refractivity contribution is 7.86. The van der Waals surface area contributed by atoms with Crippen molar-refractivity contribution in [2.75, 3.05) is 25.1 Å². The van der Waals surface area contributed by atoms with Crippen molar-refractivity contribution in [3.63, 3.8) is 0 Å². The molecule has 3 rings (SSSR count). The first-order chi connectivity index (χ1) is 10.5. The summed E-state index contributed by atoms with van der Waals surface area (Å²) >= 11 is 1.68. The van der Waals surface area contributed by atoms with Crippen molar-refractivity contribution < 1.29 is 12.6 Å². The van der Waals surface area contributed by atoms with Crippen molar-refractivity contribution in [1.82, 2.24) is 0 Å². The number of thiophene rings is 1. The van der Waals surface area contributed by atoms with Crippen LogP contribution in [-0.2, 0) is 14.3 Å². The zero-order valence-electron chi connectivity index (χ0n) is 12.7. The second-order valence-electron chi connectivity index (χ2n) is 5.58. The summed E-state index contributed by atoms with van der Waals surface area (Å²) in [6.07, 6.45) is 0.950. The van der Waals surface area contributed by atoms with E-state index in [0.29, 0.717) is 4.90 Å². The van der Waals surface area contributed by atoms with Gasteiger partial charge in [-0.3, -0.25) is 4.18 Å². The lowest BCUT2D eigenvalue weighted by Gasteiger charge is -2.18. The van der Waals surface area contributed by atoms with E-state index < -0.39 is 10.1 Å². The molecule has 118 valence electrons. The second-order valence-corrected chi connectivity index (χ2v) is 8.04. The van der Waals surface area contributed by atoms with E-state index in [4.69, 9.17) is 4.18 Å². The minimum absolute atomic E-state index is 0.208. The highest BCUT2D eigenvalue weighted by atomic mass is 32.2. The Hall–Kier alpha value is -1.37. The molecule has 6 heteroatoms. The summed E-state index contributed by atoms with van der Waals surface area (Å²) in [7, 11) is -2.46. The summed E-state index contributed by atoms with van der Waals surface area (Å²) in [6, 6.07) is 7.57. The number of nitrogens with zero attached hydrogens (tertiary/aromatic N) is 1. The SMILES string of the molecule is COS(=O)(=O)c1ccc(C)cc1C1CCN(c2ccsc2)C1. The van der Waals surface area contributed by atoms with Crippen LogP contribution in [0, 0.1) is 6.92 Å². The molecule has 0 bridgehead atoms. The molecule has 4 nitrogen and oxygen atoms in total. The molecule has 1 atom stereocenters. The molecule has 0 N–H and O–H groups in total. The Balaban J connectivity index is 1.94. The summed E-state index contributed by atoms with van der Waals surface area (Å²) in [5, 5.41) is 4.20. The molecule has 1 unspecified atom stereocenters. The van der Waals surface area contributed by atoms with Crippen LogP contribution in [0.4, 0.5) is 5.69 Å². The second kappa shape index (κ2) is 6.02. The number of benzene rings is 1. The topological polar surface area (TPSA) is 46.6 Å². The maximum absolute atomic E-state index is 12.2. The summed E-state index contributed by atoms with van der Waals surface area (Å²) in [5.74, 6) is 0.208. The van der Waals surface area contributed by atoms with Crippen molar-refractivity contribution in [3.05, 3.63) is 46.2 Å². The van der Waals surface area contributed by atoms with Gasteiger partial charge in [-0.25, -0.2) is 0 Å². The van der Waals surface area contributed by atoms with E-state index in [9.17, 15) is 8.42 Å². The molecule has 0 amide bonds. The van der Waals surface area contributed by atoms with Gasteiger partial charge < -0.3 is 4.90 Å². The quantitative estimate of drug-likeness (QED) is 0.803. The highest BCUT2D eigenvalue weighted by Crippen LogP contribution is 2.35. The molecule has 2 heterocycles. The first kappa shape index (κ1) is 15.5. The van der Waals surface area contributed by atoms with Crippen LogP contribution in [0.25, 0.3) is 0 Å². The summed E-state index contributed by atoms with van der Waals surface area (Å²) in [5.41, 5.74) is 3.16. The van der Waals surface area contributed by atoms with Crippen molar-refractivity contribution in [2.24, 2.45) is 0 Å².